The van der Waals surface area contributed by atoms with Crippen molar-refractivity contribution in [3.63, 3.8) is 0 Å². The minimum absolute atomic E-state index is 0.176. The molecular formula is C29H42N2O3. The van der Waals surface area contributed by atoms with Crippen LogP contribution in [-0.2, 0) is 21.4 Å². The maximum Gasteiger partial charge on any atom is 0.306 e. The van der Waals surface area contributed by atoms with Crippen molar-refractivity contribution in [1.82, 2.24) is 0 Å². The number of hydrazone groups is 1. The molecule has 1 aromatic rings. The lowest BCUT2D eigenvalue weighted by molar-refractivity contribution is -0.143. The second-order valence-corrected chi connectivity index (χ2v) is 10.0. The Morgan fingerprint density at radius 3 is 2.44 bits per heavy atom. The zero-order valence-electron chi connectivity index (χ0n) is 21.7. The largest absolute Gasteiger partial charge is 0.505 e. The molecule has 0 saturated carbocycles. The summed E-state index contributed by atoms with van der Waals surface area (Å²) in [6, 6.07) is 3.89. The number of unbranched alkanes of at least 4 members (excludes halogenated alkanes) is 5. The summed E-state index contributed by atoms with van der Waals surface area (Å²) in [5, 5.41) is 17.4. The number of phenolic OH excluding ortho intramolecular Hbond substituents is 1. The highest BCUT2D eigenvalue weighted by Gasteiger charge is 2.23. The molecule has 34 heavy (non-hydrogen) atoms. The molecule has 0 bridgehead atoms. The number of aryl methyl sites for hydroxylation is 1. The van der Waals surface area contributed by atoms with Crippen LogP contribution >= 0.6 is 0 Å². The first kappa shape index (κ1) is 27.4. The first-order valence-electron chi connectivity index (χ1n) is 12.5. The predicted molar refractivity (Wildman–Crippen MR) is 143 cm³/mol. The van der Waals surface area contributed by atoms with Crippen LogP contribution in [-0.4, -0.2) is 30.4 Å². The SMILES string of the molecule is C=C1C=CC=C/C1=N/N(C)c1cc(CCC(=O)OCCCCCCCC)cc(C(C)(C)C)c1O. The molecule has 0 radical (unpaired) electrons. The third-order valence-corrected chi connectivity index (χ3v) is 5.93. The number of anilines is 1. The van der Waals surface area contributed by atoms with E-state index in [0.29, 0.717) is 25.1 Å². The fourth-order valence-electron chi connectivity index (χ4n) is 3.85. The number of esters is 1. The van der Waals surface area contributed by atoms with Gasteiger partial charge < -0.3 is 9.84 Å². The Labute approximate surface area is 205 Å². The van der Waals surface area contributed by atoms with Gasteiger partial charge in [-0.3, -0.25) is 9.80 Å². The Balaban J connectivity index is 2.07. The topological polar surface area (TPSA) is 62.1 Å². The summed E-state index contributed by atoms with van der Waals surface area (Å²) in [5.74, 6) is 0.0270. The van der Waals surface area contributed by atoms with Gasteiger partial charge in [0.15, 0.2) is 0 Å². The molecule has 1 aliphatic carbocycles. The van der Waals surface area contributed by atoms with Crippen LogP contribution in [0.2, 0.25) is 0 Å². The number of carbonyl (C=O) groups is 1. The van der Waals surface area contributed by atoms with Gasteiger partial charge in [-0.2, -0.15) is 5.10 Å². The normalized spacial score (nSPS) is 14.6. The number of nitrogens with zero attached hydrogens (tertiary/aromatic N) is 2. The number of carbonyl (C=O) groups excluding carboxylic acids is 1. The van der Waals surface area contributed by atoms with Crippen molar-refractivity contribution >= 4 is 17.4 Å². The summed E-state index contributed by atoms with van der Waals surface area (Å²) in [7, 11) is 1.81. The molecule has 0 atom stereocenters. The first-order chi connectivity index (χ1) is 16.1. The molecule has 5 nitrogen and oxygen atoms in total. The molecule has 0 saturated heterocycles. The van der Waals surface area contributed by atoms with Gasteiger partial charge in [0, 0.05) is 19.0 Å². The highest BCUT2D eigenvalue weighted by atomic mass is 16.5. The number of hydrogen-bond acceptors (Lipinski definition) is 5. The molecule has 0 amide bonds. The molecule has 0 aliphatic heterocycles. The molecular weight excluding hydrogens is 424 g/mol. The molecule has 0 fully saturated rings. The third kappa shape index (κ3) is 8.51. The van der Waals surface area contributed by atoms with Gasteiger partial charge in [-0.05, 0) is 41.5 Å². The smallest absolute Gasteiger partial charge is 0.306 e. The van der Waals surface area contributed by atoms with Crippen LogP contribution in [0.4, 0.5) is 5.69 Å². The molecule has 0 spiro atoms. The lowest BCUT2D eigenvalue weighted by Gasteiger charge is -2.26. The van der Waals surface area contributed by atoms with E-state index in [9.17, 15) is 9.90 Å². The summed E-state index contributed by atoms with van der Waals surface area (Å²) >= 11 is 0. The van der Waals surface area contributed by atoms with Crippen molar-refractivity contribution in [2.24, 2.45) is 5.10 Å². The highest BCUT2D eigenvalue weighted by molar-refractivity contribution is 6.11. The molecule has 1 aromatic carbocycles. The maximum atomic E-state index is 12.3. The highest BCUT2D eigenvalue weighted by Crippen LogP contribution is 2.39. The second-order valence-electron chi connectivity index (χ2n) is 10.0. The van der Waals surface area contributed by atoms with E-state index in [2.05, 4.69) is 39.4 Å². The van der Waals surface area contributed by atoms with E-state index in [1.807, 2.05) is 43.5 Å². The van der Waals surface area contributed by atoms with Crippen molar-refractivity contribution < 1.29 is 14.6 Å². The average Bonchev–Trinajstić information content (AvgIpc) is 2.78. The van der Waals surface area contributed by atoms with Crippen molar-refractivity contribution in [1.29, 1.82) is 0 Å². The lowest BCUT2D eigenvalue weighted by Crippen LogP contribution is -2.18. The van der Waals surface area contributed by atoms with Crippen LogP contribution in [0.25, 0.3) is 0 Å². The van der Waals surface area contributed by atoms with E-state index in [1.165, 1.54) is 25.7 Å². The summed E-state index contributed by atoms with van der Waals surface area (Å²) in [6.45, 7) is 12.9. The number of benzene rings is 1. The number of aromatic hydroxyl groups is 1. The Kier molecular flexibility index (Phi) is 10.6. The monoisotopic (exact) mass is 466 g/mol. The van der Waals surface area contributed by atoms with Gasteiger partial charge in [0.2, 0.25) is 0 Å². The van der Waals surface area contributed by atoms with E-state index < -0.39 is 0 Å². The van der Waals surface area contributed by atoms with Crippen molar-refractivity contribution in [3.8, 4) is 5.75 Å². The van der Waals surface area contributed by atoms with Crippen LogP contribution in [0.15, 0.2) is 53.7 Å². The molecule has 0 aromatic heterocycles. The van der Waals surface area contributed by atoms with Gasteiger partial charge in [0.25, 0.3) is 0 Å². The van der Waals surface area contributed by atoms with Gasteiger partial charge >= 0.3 is 5.97 Å². The van der Waals surface area contributed by atoms with Gasteiger partial charge in [-0.15, -0.1) is 0 Å². The summed E-state index contributed by atoms with van der Waals surface area (Å²) in [6.07, 6.45) is 15.5. The standard InChI is InChI=1S/C29H42N2O3/c1-7-8-9-10-11-14-19-34-27(32)18-17-23-20-24(29(3,4)5)28(33)26(21-23)31(6)30-25-16-13-12-15-22(25)2/h12-13,15-16,20-21,33H,2,7-11,14,17-19H2,1,3-6H3/b30-25-. The average molecular weight is 467 g/mol. The third-order valence-electron chi connectivity index (χ3n) is 5.93. The predicted octanol–water partition coefficient (Wildman–Crippen LogP) is 7.00. The van der Waals surface area contributed by atoms with Crippen LogP contribution in [0.1, 0.15) is 83.8 Å². The van der Waals surface area contributed by atoms with Crippen LogP contribution < -0.4 is 5.01 Å². The van der Waals surface area contributed by atoms with E-state index in [0.717, 1.165) is 35.3 Å². The summed E-state index contributed by atoms with van der Waals surface area (Å²) in [4.78, 5) is 12.3. The molecule has 5 heteroatoms. The van der Waals surface area contributed by atoms with Crippen LogP contribution in [0.3, 0.4) is 0 Å². The van der Waals surface area contributed by atoms with Crippen LogP contribution in [0.5, 0.6) is 5.75 Å². The van der Waals surface area contributed by atoms with Gasteiger partial charge in [-0.25, -0.2) is 0 Å². The summed E-state index contributed by atoms with van der Waals surface area (Å²) < 4.78 is 5.44. The molecule has 1 aliphatic rings. The van der Waals surface area contributed by atoms with E-state index in [1.54, 1.807) is 5.01 Å². The molecule has 0 heterocycles. The minimum Gasteiger partial charge on any atom is -0.505 e. The zero-order chi connectivity index (χ0) is 25.1. The Hall–Kier alpha value is -2.82. The quantitative estimate of drug-likeness (QED) is 0.205. The Morgan fingerprint density at radius 2 is 1.76 bits per heavy atom. The molecule has 2 rings (SSSR count). The Bertz CT molecular complexity index is 935. The van der Waals surface area contributed by atoms with Gasteiger partial charge in [0.1, 0.15) is 11.4 Å². The number of ether oxygens (including phenoxy) is 1. The fraction of sp³-hybridized carbons (Fsp3) is 0.517. The van der Waals surface area contributed by atoms with E-state index >= 15 is 0 Å². The zero-order valence-corrected chi connectivity index (χ0v) is 21.7. The second kappa shape index (κ2) is 13.2. The van der Waals surface area contributed by atoms with Crippen molar-refractivity contribution in [3.05, 3.63) is 59.7 Å². The first-order valence-corrected chi connectivity index (χ1v) is 12.5. The van der Waals surface area contributed by atoms with Crippen molar-refractivity contribution in [2.75, 3.05) is 18.7 Å². The molecule has 0 unspecified atom stereocenters. The van der Waals surface area contributed by atoms with E-state index in [-0.39, 0.29) is 17.1 Å². The number of hydrogen-bond donors (Lipinski definition) is 1. The number of rotatable bonds is 12. The molecule has 1 N–H and O–H groups in total. The lowest BCUT2D eigenvalue weighted by atomic mass is 9.84. The molecule has 186 valence electrons. The number of phenols is 1. The van der Waals surface area contributed by atoms with E-state index in [4.69, 9.17) is 4.74 Å². The minimum atomic E-state index is -0.266. The number of allylic oxidation sites excluding steroid dienone is 5. The van der Waals surface area contributed by atoms with Crippen molar-refractivity contribution in [2.45, 2.75) is 84.5 Å². The fourth-order valence-corrected chi connectivity index (χ4v) is 3.85. The Morgan fingerprint density at radius 1 is 1.09 bits per heavy atom. The maximum absolute atomic E-state index is 12.3. The van der Waals surface area contributed by atoms with Crippen LogP contribution in [0, 0.1) is 0 Å². The summed E-state index contributed by atoms with van der Waals surface area (Å²) in [5.41, 5.74) is 3.69. The van der Waals surface area contributed by atoms with Gasteiger partial charge in [0.05, 0.1) is 12.3 Å². The van der Waals surface area contributed by atoms with Gasteiger partial charge in [-0.1, -0.05) is 90.7 Å².